The van der Waals surface area contributed by atoms with Crippen LogP contribution in [-0.4, -0.2) is 43.0 Å². The monoisotopic (exact) mass is 290 g/mol. The molecule has 1 aromatic rings. The minimum Gasteiger partial charge on any atom is -0.467 e. The van der Waals surface area contributed by atoms with E-state index in [1.165, 1.54) is 7.11 Å². The topological polar surface area (TPSA) is 58.6 Å². The fourth-order valence-corrected chi connectivity index (χ4v) is 2.63. The van der Waals surface area contributed by atoms with Gasteiger partial charge < -0.3 is 15.0 Å². The highest BCUT2D eigenvalue weighted by molar-refractivity contribution is 6.01. The number of anilines is 1. The van der Waals surface area contributed by atoms with Gasteiger partial charge in [-0.05, 0) is 31.4 Å². The molecule has 0 aromatic heterocycles. The molecule has 0 spiro atoms. The highest BCUT2D eigenvalue weighted by Crippen LogP contribution is 2.24. The van der Waals surface area contributed by atoms with Gasteiger partial charge in [-0.25, -0.2) is 4.79 Å². The first-order valence-corrected chi connectivity index (χ1v) is 7.40. The average molecular weight is 290 g/mol. The fourth-order valence-electron chi connectivity index (χ4n) is 2.63. The van der Waals surface area contributed by atoms with Crippen molar-refractivity contribution in [2.75, 3.05) is 25.5 Å². The molecule has 0 aliphatic carbocycles. The van der Waals surface area contributed by atoms with Crippen molar-refractivity contribution in [3.63, 3.8) is 0 Å². The number of likely N-dealkylation sites (tertiary alicyclic amines) is 1. The van der Waals surface area contributed by atoms with Crippen molar-refractivity contribution in [3.05, 3.63) is 29.8 Å². The zero-order valence-electron chi connectivity index (χ0n) is 12.6. The molecule has 114 valence electrons. The van der Waals surface area contributed by atoms with E-state index in [1.54, 1.807) is 11.0 Å². The van der Waals surface area contributed by atoms with Crippen LogP contribution in [-0.2, 0) is 9.53 Å². The molecule has 1 amide bonds. The molecule has 1 unspecified atom stereocenters. The van der Waals surface area contributed by atoms with E-state index >= 15 is 0 Å². The third-order valence-corrected chi connectivity index (χ3v) is 3.71. The van der Waals surface area contributed by atoms with Crippen molar-refractivity contribution in [3.8, 4) is 0 Å². The molecule has 1 aliphatic heterocycles. The van der Waals surface area contributed by atoms with E-state index in [1.807, 2.05) is 18.2 Å². The molecule has 0 radical (unpaired) electrons. The first-order chi connectivity index (χ1) is 10.2. The van der Waals surface area contributed by atoms with Crippen molar-refractivity contribution >= 4 is 17.6 Å². The molecule has 0 bridgehead atoms. The van der Waals surface area contributed by atoms with Gasteiger partial charge in [0.15, 0.2) is 0 Å². The van der Waals surface area contributed by atoms with Gasteiger partial charge in [0.2, 0.25) is 0 Å². The van der Waals surface area contributed by atoms with Crippen molar-refractivity contribution in [1.82, 2.24) is 4.90 Å². The summed E-state index contributed by atoms with van der Waals surface area (Å²) in [6.07, 6.45) is 2.48. The van der Waals surface area contributed by atoms with Gasteiger partial charge in [0.1, 0.15) is 6.04 Å². The first kappa shape index (κ1) is 15.4. The summed E-state index contributed by atoms with van der Waals surface area (Å²) < 4.78 is 4.80. The van der Waals surface area contributed by atoms with E-state index in [9.17, 15) is 9.59 Å². The number of nitrogens with one attached hydrogen (secondary N) is 1. The van der Waals surface area contributed by atoms with Gasteiger partial charge in [0.25, 0.3) is 5.91 Å². The second kappa shape index (κ2) is 7.11. The molecule has 1 aliphatic rings. The number of methoxy groups -OCH3 is 1. The Hall–Kier alpha value is -2.04. The van der Waals surface area contributed by atoms with Crippen LogP contribution in [0.1, 0.15) is 36.5 Å². The predicted octanol–water partition coefficient (Wildman–Crippen LogP) is 2.29. The van der Waals surface area contributed by atoms with Crippen molar-refractivity contribution in [2.45, 2.75) is 32.2 Å². The Kier molecular flexibility index (Phi) is 5.20. The zero-order valence-corrected chi connectivity index (χ0v) is 12.6. The van der Waals surface area contributed by atoms with Gasteiger partial charge in [-0.3, -0.25) is 4.79 Å². The number of amides is 1. The maximum atomic E-state index is 12.7. The Morgan fingerprint density at radius 1 is 1.38 bits per heavy atom. The van der Waals surface area contributed by atoms with Crippen LogP contribution in [0.3, 0.4) is 0 Å². The number of rotatable bonds is 5. The summed E-state index contributed by atoms with van der Waals surface area (Å²) in [7, 11) is 1.36. The number of carbonyl (C=O) groups is 2. The lowest BCUT2D eigenvalue weighted by molar-refractivity contribution is -0.145. The van der Waals surface area contributed by atoms with Gasteiger partial charge in [0, 0.05) is 18.8 Å². The second-order valence-electron chi connectivity index (χ2n) is 5.15. The van der Waals surface area contributed by atoms with Gasteiger partial charge in [-0.15, -0.1) is 0 Å². The van der Waals surface area contributed by atoms with Crippen molar-refractivity contribution < 1.29 is 14.3 Å². The molecular weight excluding hydrogens is 268 g/mol. The molecule has 2 rings (SSSR count). The van der Waals surface area contributed by atoms with Crippen LogP contribution in [0.2, 0.25) is 0 Å². The molecule has 5 heteroatoms. The van der Waals surface area contributed by atoms with Crippen LogP contribution in [0.4, 0.5) is 5.69 Å². The number of benzene rings is 1. The summed E-state index contributed by atoms with van der Waals surface area (Å²) in [5.74, 6) is -0.443. The number of esters is 1. The van der Waals surface area contributed by atoms with E-state index in [0.717, 1.165) is 25.1 Å². The van der Waals surface area contributed by atoms with E-state index in [0.29, 0.717) is 18.5 Å². The van der Waals surface area contributed by atoms with Crippen molar-refractivity contribution in [2.24, 2.45) is 0 Å². The zero-order chi connectivity index (χ0) is 15.2. The van der Waals surface area contributed by atoms with E-state index in [2.05, 4.69) is 12.2 Å². The first-order valence-electron chi connectivity index (χ1n) is 7.40. The van der Waals surface area contributed by atoms with Crippen LogP contribution in [0, 0.1) is 0 Å². The Balaban J connectivity index is 2.21. The third-order valence-electron chi connectivity index (χ3n) is 3.71. The summed E-state index contributed by atoms with van der Waals surface area (Å²) in [4.78, 5) is 26.1. The minimum absolute atomic E-state index is 0.109. The molecule has 1 N–H and O–H groups in total. The van der Waals surface area contributed by atoms with Crippen LogP contribution >= 0.6 is 0 Å². The number of nitrogens with zero attached hydrogens (tertiary/aromatic N) is 1. The van der Waals surface area contributed by atoms with Gasteiger partial charge in [0.05, 0.1) is 12.7 Å². The van der Waals surface area contributed by atoms with Crippen LogP contribution in [0.15, 0.2) is 24.3 Å². The van der Waals surface area contributed by atoms with Crippen LogP contribution < -0.4 is 5.32 Å². The highest BCUT2D eigenvalue weighted by atomic mass is 16.5. The number of ether oxygens (including phenoxy) is 1. The Bertz CT molecular complexity index is 516. The summed E-state index contributed by atoms with van der Waals surface area (Å²) in [6.45, 7) is 3.48. The summed E-state index contributed by atoms with van der Waals surface area (Å²) in [5.41, 5.74) is 1.43. The smallest absolute Gasteiger partial charge is 0.328 e. The number of hydrogen-bond acceptors (Lipinski definition) is 4. The lowest BCUT2D eigenvalue weighted by Gasteiger charge is -2.24. The summed E-state index contributed by atoms with van der Waals surface area (Å²) >= 11 is 0. The summed E-state index contributed by atoms with van der Waals surface area (Å²) in [5, 5.41) is 3.26. The largest absolute Gasteiger partial charge is 0.467 e. The Morgan fingerprint density at radius 2 is 2.14 bits per heavy atom. The van der Waals surface area contributed by atoms with Gasteiger partial charge >= 0.3 is 5.97 Å². The quantitative estimate of drug-likeness (QED) is 0.845. The minimum atomic E-state index is -0.457. The number of para-hydroxylation sites is 1. The Morgan fingerprint density at radius 3 is 2.86 bits per heavy atom. The maximum absolute atomic E-state index is 12.7. The molecule has 1 aromatic carbocycles. The highest BCUT2D eigenvalue weighted by Gasteiger charge is 2.35. The lowest BCUT2D eigenvalue weighted by Crippen LogP contribution is -2.41. The normalized spacial score (nSPS) is 17.6. The molecule has 0 saturated carbocycles. The van der Waals surface area contributed by atoms with E-state index < -0.39 is 6.04 Å². The van der Waals surface area contributed by atoms with E-state index in [4.69, 9.17) is 4.74 Å². The van der Waals surface area contributed by atoms with Crippen LogP contribution in [0.25, 0.3) is 0 Å². The second-order valence-corrected chi connectivity index (χ2v) is 5.15. The van der Waals surface area contributed by atoms with Crippen molar-refractivity contribution in [1.29, 1.82) is 0 Å². The van der Waals surface area contributed by atoms with Gasteiger partial charge in [-0.1, -0.05) is 19.1 Å². The number of hydrogen-bond donors (Lipinski definition) is 1. The average Bonchev–Trinajstić information content (AvgIpc) is 3.01. The molecule has 21 heavy (non-hydrogen) atoms. The molecule has 1 saturated heterocycles. The molecule has 1 heterocycles. The van der Waals surface area contributed by atoms with Gasteiger partial charge in [-0.2, -0.15) is 0 Å². The summed E-state index contributed by atoms with van der Waals surface area (Å²) in [6, 6.07) is 6.98. The lowest BCUT2D eigenvalue weighted by atomic mass is 10.1. The van der Waals surface area contributed by atoms with E-state index in [-0.39, 0.29) is 11.9 Å². The molecule has 5 nitrogen and oxygen atoms in total. The standard InChI is InChI=1S/C16H22N2O3/c1-3-10-17-13-8-5-4-7-12(13)15(19)18-11-6-9-14(18)16(20)21-2/h4-5,7-8,14,17H,3,6,9-11H2,1-2H3. The molecular formula is C16H22N2O3. The maximum Gasteiger partial charge on any atom is 0.328 e. The molecule has 1 fully saturated rings. The molecule has 1 atom stereocenters. The SMILES string of the molecule is CCCNc1ccccc1C(=O)N1CCCC1C(=O)OC. The Labute approximate surface area is 125 Å². The van der Waals surface area contributed by atoms with Crippen LogP contribution in [0.5, 0.6) is 0 Å². The predicted molar refractivity (Wildman–Crippen MR) is 81.3 cm³/mol. The number of carbonyl (C=O) groups excluding carboxylic acids is 2. The third kappa shape index (κ3) is 3.35. The fraction of sp³-hybridized carbons (Fsp3) is 0.500.